The Morgan fingerprint density at radius 3 is 2.14 bits per heavy atom. The van der Waals surface area contributed by atoms with Gasteiger partial charge in [0.15, 0.2) is 11.2 Å². The van der Waals surface area contributed by atoms with E-state index in [1.165, 1.54) is 6.08 Å². The number of hydrogen-bond acceptors (Lipinski definition) is 12. The third kappa shape index (κ3) is 5.62. The number of rotatable bonds is 6. The minimum atomic E-state index is -0.111. The molecule has 11 nitrogen and oxygen atoms in total. The van der Waals surface area contributed by atoms with Gasteiger partial charge in [-0.05, 0) is 110 Å². The highest BCUT2D eigenvalue weighted by Gasteiger charge is 2.34. The SMILES string of the molecule is N=C1C(N(C2=CC=C(c3ccc4cc5ccccc5cc4c3)C(=N)/C2=N\O)c2ccc(-c3ccc(-c4nc5ccccc5s4)cc3)c3nonc23)=CC=C/C1=N/O. The number of para-hydroxylation sites is 1. The molecular formula is C45H28N8O3S. The van der Waals surface area contributed by atoms with Crippen LogP contribution in [0.4, 0.5) is 5.69 Å². The van der Waals surface area contributed by atoms with Gasteiger partial charge in [-0.3, -0.25) is 10.8 Å². The van der Waals surface area contributed by atoms with Crippen LogP contribution in [0.3, 0.4) is 0 Å². The van der Waals surface area contributed by atoms with Crippen molar-refractivity contribution in [1.82, 2.24) is 15.3 Å². The summed E-state index contributed by atoms with van der Waals surface area (Å²) in [5, 5.41) is 59.7. The molecule has 2 aliphatic rings. The van der Waals surface area contributed by atoms with Gasteiger partial charge in [-0.1, -0.05) is 89.2 Å². The summed E-state index contributed by atoms with van der Waals surface area (Å²) in [6.45, 7) is 0. The maximum atomic E-state index is 10.6. The second-order valence-corrected chi connectivity index (χ2v) is 14.5. The normalized spacial score (nSPS) is 15.9. The van der Waals surface area contributed by atoms with Crippen LogP contribution in [0.5, 0.6) is 0 Å². The highest BCUT2D eigenvalue weighted by Crippen LogP contribution is 2.40. The molecule has 2 aliphatic carbocycles. The Morgan fingerprint density at radius 1 is 0.632 bits per heavy atom. The number of allylic oxidation sites excluding steroid dienone is 8. The quantitative estimate of drug-likeness (QED) is 0.0566. The molecule has 12 heteroatoms. The topological polar surface area (TPSA) is 168 Å². The molecule has 10 rings (SSSR count). The van der Waals surface area contributed by atoms with Gasteiger partial charge in [0.1, 0.15) is 21.9 Å². The molecule has 272 valence electrons. The zero-order chi connectivity index (χ0) is 38.6. The number of benzene rings is 6. The van der Waals surface area contributed by atoms with Crippen LogP contribution < -0.4 is 4.90 Å². The van der Waals surface area contributed by atoms with E-state index in [0.29, 0.717) is 22.3 Å². The van der Waals surface area contributed by atoms with E-state index in [0.717, 1.165) is 59.0 Å². The number of anilines is 1. The monoisotopic (exact) mass is 760 g/mol. The molecule has 6 aromatic carbocycles. The third-order valence-electron chi connectivity index (χ3n) is 10.3. The standard InChI is InChI=1S/C45H28N8O3S/c46-40-32(30-17-16-29-22-27-6-1-2-7-28(27)23-31(29)24-30)18-20-37(43(40)50-55)53(36-10-5-9-35(49-54)41(36)47)38-21-19-33(42-44(38)52-56-51-42)25-12-14-26(15-13-25)45-48-34-8-3-4-11-39(34)57-45/h1-24,46-47,54-55H/b46-40?,47-41?,49-35-,50-43-. The molecule has 0 unspecified atom stereocenters. The summed E-state index contributed by atoms with van der Waals surface area (Å²) in [6.07, 6.45) is 8.38. The molecule has 8 aromatic rings. The lowest BCUT2D eigenvalue weighted by Gasteiger charge is -2.32. The lowest BCUT2D eigenvalue weighted by molar-refractivity contribution is 0.315. The van der Waals surface area contributed by atoms with Crippen molar-refractivity contribution in [2.45, 2.75) is 0 Å². The predicted molar refractivity (Wildman–Crippen MR) is 227 cm³/mol. The average Bonchev–Trinajstić information content (AvgIpc) is 3.92. The Bertz CT molecular complexity index is 3170. The summed E-state index contributed by atoms with van der Waals surface area (Å²) in [4.78, 5) is 6.44. The fraction of sp³-hybridized carbons (Fsp3) is 0. The first-order chi connectivity index (χ1) is 28.0. The molecule has 0 aliphatic heterocycles. The number of nitrogens with zero attached hydrogens (tertiary/aromatic N) is 6. The smallest absolute Gasteiger partial charge is 0.159 e. The summed E-state index contributed by atoms with van der Waals surface area (Å²) in [6, 6.07) is 38.2. The Kier molecular flexibility index (Phi) is 7.97. The van der Waals surface area contributed by atoms with Crippen LogP contribution in [-0.2, 0) is 0 Å². The Hall–Kier alpha value is -7.83. The summed E-state index contributed by atoms with van der Waals surface area (Å²) in [5.74, 6) is 0. The van der Waals surface area contributed by atoms with Crippen molar-refractivity contribution in [3.05, 3.63) is 163 Å². The summed E-state index contributed by atoms with van der Waals surface area (Å²) in [7, 11) is 0. The fourth-order valence-corrected chi connectivity index (χ4v) is 8.42. The molecule has 0 fully saturated rings. The van der Waals surface area contributed by atoms with Crippen molar-refractivity contribution in [2.75, 3.05) is 4.90 Å². The molecule has 0 spiro atoms. The molecule has 0 saturated carbocycles. The summed E-state index contributed by atoms with van der Waals surface area (Å²) in [5.41, 5.74) is 6.51. The molecule has 2 aromatic heterocycles. The van der Waals surface area contributed by atoms with Crippen LogP contribution in [-0.4, -0.2) is 48.6 Å². The van der Waals surface area contributed by atoms with Gasteiger partial charge in [-0.15, -0.1) is 11.3 Å². The lowest BCUT2D eigenvalue weighted by atomic mass is 9.89. The molecule has 0 radical (unpaired) electrons. The molecule has 0 bridgehead atoms. The fourth-order valence-electron chi connectivity index (χ4n) is 7.45. The molecule has 2 heterocycles. The van der Waals surface area contributed by atoms with E-state index < -0.39 is 0 Å². The van der Waals surface area contributed by atoms with Gasteiger partial charge in [0, 0.05) is 16.7 Å². The predicted octanol–water partition coefficient (Wildman–Crippen LogP) is 10.4. The molecule has 0 saturated heterocycles. The van der Waals surface area contributed by atoms with E-state index in [1.54, 1.807) is 40.5 Å². The number of oxime groups is 2. The highest BCUT2D eigenvalue weighted by atomic mass is 32.1. The minimum absolute atomic E-state index is 0.0192. The minimum Gasteiger partial charge on any atom is -0.410 e. The van der Waals surface area contributed by atoms with Crippen molar-refractivity contribution in [1.29, 1.82) is 10.8 Å². The number of aromatic nitrogens is 3. The summed E-state index contributed by atoms with van der Waals surface area (Å²) < 4.78 is 6.48. The van der Waals surface area contributed by atoms with Crippen LogP contribution in [0.1, 0.15) is 5.56 Å². The lowest BCUT2D eigenvalue weighted by Crippen LogP contribution is -2.37. The van der Waals surface area contributed by atoms with E-state index in [4.69, 9.17) is 15.0 Å². The molecule has 57 heavy (non-hydrogen) atoms. The molecule has 0 amide bonds. The van der Waals surface area contributed by atoms with Crippen LogP contribution in [0.25, 0.3) is 70.1 Å². The molecule has 0 atom stereocenters. The number of nitrogens with one attached hydrogen (secondary N) is 2. The van der Waals surface area contributed by atoms with Crippen molar-refractivity contribution in [3.63, 3.8) is 0 Å². The maximum absolute atomic E-state index is 10.6. The first-order valence-corrected chi connectivity index (χ1v) is 18.7. The van der Waals surface area contributed by atoms with Crippen LogP contribution in [0, 0.1) is 10.8 Å². The second-order valence-electron chi connectivity index (χ2n) is 13.5. The number of hydrogen-bond donors (Lipinski definition) is 4. The van der Waals surface area contributed by atoms with Gasteiger partial charge in [0.05, 0.1) is 33.0 Å². The van der Waals surface area contributed by atoms with Crippen molar-refractivity contribution in [3.8, 4) is 21.7 Å². The molecule has 4 N–H and O–H groups in total. The summed E-state index contributed by atoms with van der Waals surface area (Å²) >= 11 is 1.63. The number of thiazole rings is 1. The second kappa shape index (κ2) is 13.5. The van der Waals surface area contributed by atoms with E-state index in [-0.39, 0.29) is 34.2 Å². The van der Waals surface area contributed by atoms with Crippen LogP contribution in [0.15, 0.2) is 172 Å². The van der Waals surface area contributed by atoms with Crippen molar-refractivity contribution in [2.24, 2.45) is 10.3 Å². The zero-order valence-electron chi connectivity index (χ0n) is 29.8. The molecular weight excluding hydrogens is 733 g/mol. The third-order valence-corrected chi connectivity index (χ3v) is 11.3. The first-order valence-electron chi connectivity index (χ1n) is 17.9. The van der Waals surface area contributed by atoms with E-state index >= 15 is 0 Å². The first kappa shape index (κ1) is 33.7. The van der Waals surface area contributed by atoms with Gasteiger partial charge < -0.3 is 15.3 Å². The van der Waals surface area contributed by atoms with Gasteiger partial charge in [-0.25, -0.2) is 9.61 Å². The number of fused-ring (bicyclic) bond motifs is 4. The van der Waals surface area contributed by atoms with Crippen LogP contribution in [0.2, 0.25) is 0 Å². The van der Waals surface area contributed by atoms with E-state index in [2.05, 4.69) is 51.0 Å². The van der Waals surface area contributed by atoms with Gasteiger partial charge in [-0.2, -0.15) is 0 Å². The van der Waals surface area contributed by atoms with E-state index in [9.17, 15) is 15.8 Å². The Labute approximate surface area is 327 Å². The van der Waals surface area contributed by atoms with Gasteiger partial charge in [0.25, 0.3) is 0 Å². The van der Waals surface area contributed by atoms with Crippen molar-refractivity contribution < 1.29 is 15.0 Å². The zero-order valence-corrected chi connectivity index (χ0v) is 30.6. The maximum Gasteiger partial charge on any atom is 0.159 e. The van der Waals surface area contributed by atoms with Crippen molar-refractivity contribution >= 4 is 88.2 Å². The highest BCUT2D eigenvalue weighted by molar-refractivity contribution is 7.21. The van der Waals surface area contributed by atoms with Gasteiger partial charge in [0.2, 0.25) is 0 Å². The Morgan fingerprint density at radius 2 is 1.35 bits per heavy atom. The average molecular weight is 761 g/mol. The largest absolute Gasteiger partial charge is 0.410 e. The van der Waals surface area contributed by atoms with E-state index in [1.807, 2.05) is 84.9 Å². The van der Waals surface area contributed by atoms with Crippen LogP contribution >= 0.6 is 11.3 Å². The Balaban J connectivity index is 1.08. The van der Waals surface area contributed by atoms with Gasteiger partial charge >= 0.3 is 0 Å².